The Bertz CT molecular complexity index is 382. The van der Waals surface area contributed by atoms with Gasteiger partial charge < -0.3 is 0 Å². The van der Waals surface area contributed by atoms with Crippen molar-refractivity contribution in [2.24, 2.45) is 5.92 Å². The van der Waals surface area contributed by atoms with E-state index >= 15 is 0 Å². The fourth-order valence-electron chi connectivity index (χ4n) is 2.44. The summed E-state index contributed by atoms with van der Waals surface area (Å²) in [6, 6.07) is 7.13. The number of carbonyl (C=O) groups excluding carboxylic acids is 1. The van der Waals surface area contributed by atoms with Crippen LogP contribution in [0.4, 0.5) is 0 Å². The Kier molecular flexibility index (Phi) is 4.63. The minimum absolute atomic E-state index is 0.0493. The zero-order valence-electron chi connectivity index (χ0n) is 9.66. The van der Waals surface area contributed by atoms with Crippen molar-refractivity contribution >= 4 is 33.3 Å². The molecular weight excluding hydrogens is 300 g/mol. The van der Waals surface area contributed by atoms with E-state index < -0.39 is 0 Å². The van der Waals surface area contributed by atoms with Crippen LogP contribution in [0.15, 0.2) is 24.3 Å². The number of carbonyl (C=O) groups is 1. The minimum atomic E-state index is -0.0493. The van der Waals surface area contributed by atoms with Gasteiger partial charge in [-0.25, -0.2) is 0 Å². The summed E-state index contributed by atoms with van der Waals surface area (Å²) < 4.78 is 0. The number of halogens is 2. The van der Waals surface area contributed by atoms with Crippen LogP contribution in [0.1, 0.15) is 42.5 Å². The number of ketones is 1. The zero-order chi connectivity index (χ0) is 12.3. The Hall–Kier alpha value is -0.340. The van der Waals surface area contributed by atoms with E-state index in [4.69, 9.17) is 11.6 Å². The van der Waals surface area contributed by atoms with Gasteiger partial charge >= 0.3 is 0 Å². The Labute approximate surface area is 116 Å². The molecule has 2 rings (SSSR count). The number of alkyl halides is 1. The molecular formula is C14H16BrClO. The van der Waals surface area contributed by atoms with Gasteiger partial charge in [-0.3, -0.25) is 4.79 Å². The van der Waals surface area contributed by atoms with Crippen molar-refractivity contribution in [3.63, 3.8) is 0 Å². The van der Waals surface area contributed by atoms with Gasteiger partial charge in [-0.15, -0.1) is 0 Å². The van der Waals surface area contributed by atoms with Crippen molar-refractivity contribution in [2.45, 2.75) is 36.9 Å². The topological polar surface area (TPSA) is 17.1 Å². The molecule has 1 nitrogen and oxygen atoms in total. The van der Waals surface area contributed by atoms with Crippen LogP contribution in [0.5, 0.6) is 0 Å². The number of benzene rings is 1. The number of hydrogen-bond donors (Lipinski definition) is 0. The smallest absolute Gasteiger partial charge is 0.176 e. The van der Waals surface area contributed by atoms with E-state index in [2.05, 4.69) is 15.9 Å². The number of hydrogen-bond acceptors (Lipinski definition) is 1. The molecule has 1 aromatic rings. The second kappa shape index (κ2) is 6.01. The van der Waals surface area contributed by atoms with Crippen LogP contribution in [-0.2, 0) is 0 Å². The van der Waals surface area contributed by atoms with E-state index in [1.165, 1.54) is 25.7 Å². The molecule has 1 saturated carbocycles. The van der Waals surface area contributed by atoms with E-state index in [1.54, 1.807) is 24.3 Å². The molecule has 1 aliphatic rings. The molecule has 0 N–H and O–H groups in total. The van der Waals surface area contributed by atoms with E-state index in [1.807, 2.05) is 0 Å². The second-order valence-electron chi connectivity index (χ2n) is 4.72. The molecule has 0 saturated heterocycles. The van der Waals surface area contributed by atoms with Crippen molar-refractivity contribution in [1.29, 1.82) is 0 Å². The van der Waals surface area contributed by atoms with Crippen molar-refractivity contribution in [3.8, 4) is 0 Å². The maximum absolute atomic E-state index is 12.2. The third-order valence-electron chi connectivity index (χ3n) is 3.43. The largest absolute Gasteiger partial charge is 0.293 e. The molecule has 0 aromatic heterocycles. The van der Waals surface area contributed by atoms with Gasteiger partial charge in [0.25, 0.3) is 0 Å². The predicted octanol–water partition coefficient (Wildman–Crippen LogP) is 4.87. The summed E-state index contributed by atoms with van der Waals surface area (Å²) in [5.41, 5.74) is 0.745. The molecule has 1 fully saturated rings. The van der Waals surface area contributed by atoms with E-state index in [9.17, 15) is 4.79 Å². The van der Waals surface area contributed by atoms with Crippen molar-refractivity contribution in [2.75, 3.05) is 0 Å². The van der Waals surface area contributed by atoms with Crippen molar-refractivity contribution in [3.05, 3.63) is 34.9 Å². The average Bonchev–Trinajstić information content (AvgIpc) is 2.82. The summed E-state index contributed by atoms with van der Waals surface area (Å²) in [4.78, 5) is 12.1. The van der Waals surface area contributed by atoms with Crippen LogP contribution in [0, 0.1) is 5.92 Å². The zero-order valence-corrected chi connectivity index (χ0v) is 12.0. The summed E-state index contributed by atoms with van der Waals surface area (Å²) in [5.74, 6) is 0.893. The molecule has 3 heteroatoms. The van der Waals surface area contributed by atoms with E-state index in [0.717, 1.165) is 17.9 Å². The summed E-state index contributed by atoms with van der Waals surface area (Å²) in [6.45, 7) is 0. The molecule has 1 aromatic carbocycles. The van der Waals surface area contributed by atoms with Gasteiger partial charge in [0.1, 0.15) is 0 Å². The Balaban J connectivity index is 1.96. The van der Waals surface area contributed by atoms with Crippen LogP contribution in [0.25, 0.3) is 0 Å². The van der Waals surface area contributed by atoms with Gasteiger partial charge in [0.2, 0.25) is 0 Å². The highest BCUT2D eigenvalue weighted by Gasteiger charge is 2.23. The maximum Gasteiger partial charge on any atom is 0.176 e. The molecule has 0 bridgehead atoms. The predicted molar refractivity (Wildman–Crippen MR) is 75.1 cm³/mol. The third-order valence-corrected chi connectivity index (χ3v) is 4.47. The van der Waals surface area contributed by atoms with Gasteiger partial charge in [-0.2, -0.15) is 0 Å². The highest BCUT2D eigenvalue weighted by atomic mass is 79.9. The van der Waals surface area contributed by atoms with Crippen molar-refractivity contribution < 1.29 is 4.79 Å². The first-order valence-electron chi connectivity index (χ1n) is 6.10. The van der Waals surface area contributed by atoms with Gasteiger partial charge in [0, 0.05) is 10.6 Å². The molecule has 0 radical (unpaired) electrons. The van der Waals surface area contributed by atoms with Gasteiger partial charge in [0.15, 0.2) is 5.78 Å². The molecule has 1 unspecified atom stereocenters. The molecule has 0 amide bonds. The van der Waals surface area contributed by atoms with Gasteiger partial charge in [0.05, 0.1) is 4.83 Å². The normalized spacial score (nSPS) is 18.2. The Morgan fingerprint density at radius 2 is 1.88 bits per heavy atom. The number of Topliss-reactive ketones (excluding diaryl/α,β-unsaturated/α-hetero) is 1. The summed E-state index contributed by atoms with van der Waals surface area (Å²) in [5, 5.41) is 0.670. The van der Waals surface area contributed by atoms with Crippen LogP contribution in [-0.4, -0.2) is 10.6 Å². The average molecular weight is 316 g/mol. The highest BCUT2D eigenvalue weighted by Crippen LogP contribution is 2.31. The summed E-state index contributed by atoms with van der Waals surface area (Å²) >= 11 is 9.34. The van der Waals surface area contributed by atoms with Crippen LogP contribution in [0.2, 0.25) is 5.02 Å². The quantitative estimate of drug-likeness (QED) is 0.572. The van der Waals surface area contributed by atoms with Crippen LogP contribution in [0.3, 0.4) is 0 Å². The molecule has 1 atom stereocenters. The summed E-state index contributed by atoms with van der Waals surface area (Å²) in [7, 11) is 0. The first-order valence-corrected chi connectivity index (χ1v) is 7.40. The maximum atomic E-state index is 12.2. The molecule has 0 aliphatic heterocycles. The molecule has 17 heavy (non-hydrogen) atoms. The first kappa shape index (κ1) is 13.1. The highest BCUT2D eigenvalue weighted by molar-refractivity contribution is 9.10. The van der Waals surface area contributed by atoms with Crippen LogP contribution < -0.4 is 0 Å². The SMILES string of the molecule is O=C(c1ccc(Cl)cc1)C(Br)CC1CCCC1. The lowest BCUT2D eigenvalue weighted by Gasteiger charge is -2.13. The van der Waals surface area contributed by atoms with E-state index in [-0.39, 0.29) is 10.6 Å². The monoisotopic (exact) mass is 314 g/mol. The lowest BCUT2D eigenvalue weighted by molar-refractivity contribution is 0.0983. The van der Waals surface area contributed by atoms with Crippen LogP contribution >= 0.6 is 27.5 Å². The first-order chi connectivity index (χ1) is 8.16. The molecule has 0 spiro atoms. The summed E-state index contributed by atoms with van der Waals surface area (Å²) in [6.07, 6.45) is 6.15. The Morgan fingerprint density at radius 3 is 2.47 bits per heavy atom. The van der Waals surface area contributed by atoms with E-state index in [0.29, 0.717) is 5.02 Å². The Morgan fingerprint density at radius 1 is 1.29 bits per heavy atom. The van der Waals surface area contributed by atoms with Gasteiger partial charge in [-0.05, 0) is 36.6 Å². The number of rotatable bonds is 4. The third kappa shape index (κ3) is 3.56. The second-order valence-corrected chi connectivity index (χ2v) is 6.27. The van der Waals surface area contributed by atoms with Gasteiger partial charge in [-0.1, -0.05) is 53.2 Å². The minimum Gasteiger partial charge on any atom is -0.293 e. The lowest BCUT2D eigenvalue weighted by atomic mass is 9.97. The standard InChI is InChI=1S/C14H16BrClO/c15-13(9-10-3-1-2-4-10)14(17)11-5-7-12(16)8-6-11/h5-8,10,13H,1-4,9H2. The lowest BCUT2D eigenvalue weighted by Crippen LogP contribution is -2.17. The fraction of sp³-hybridized carbons (Fsp3) is 0.500. The molecule has 92 valence electrons. The molecule has 0 heterocycles. The van der Waals surface area contributed by atoms with Crippen molar-refractivity contribution in [1.82, 2.24) is 0 Å². The fourth-order valence-corrected chi connectivity index (χ4v) is 3.36. The molecule has 1 aliphatic carbocycles.